The Balaban J connectivity index is 1.57. The second-order valence-electron chi connectivity index (χ2n) is 6.82. The molecule has 1 saturated heterocycles. The minimum Gasteiger partial charge on any atom is -0.493 e. The zero-order valence-corrected chi connectivity index (χ0v) is 17.0. The van der Waals surface area contributed by atoms with Crippen molar-refractivity contribution in [1.29, 1.82) is 0 Å². The van der Waals surface area contributed by atoms with E-state index >= 15 is 0 Å². The van der Waals surface area contributed by atoms with Crippen molar-refractivity contribution in [3.63, 3.8) is 0 Å². The number of para-hydroxylation sites is 1. The number of hydrogen-bond donors (Lipinski definition) is 1. The number of carbonyl (C=O) groups is 1. The zero-order valence-electron chi connectivity index (χ0n) is 16.2. The minimum atomic E-state index is -0.114. The number of urea groups is 1. The number of fused-ring (bicyclic) bond motifs is 1. The van der Waals surface area contributed by atoms with Crippen LogP contribution >= 0.6 is 11.3 Å². The molecule has 2 amide bonds. The summed E-state index contributed by atoms with van der Waals surface area (Å²) in [6.45, 7) is 2.66. The van der Waals surface area contributed by atoms with Gasteiger partial charge in [0, 0.05) is 18.3 Å². The molecule has 1 atom stereocenters. The Hall–Kier alpha value is -2.80. The molecular weight excluding hydrogens is 374 g/mol. The number of anilines is 1. The molecule has 1 unspecified atom stereocenters. The monoisotopic (exact) mass is 397 g/mol. The highest BCUT2D eigenvalue weighted by molar-refractivity contribution is 7.18. The maximum Gasteiger partial charge on any atom is 0.322 e. The van der Waals surface area contributed by atoms with E-state index in [0.29, 0.717) is 11.5 Å². The van der Waals surface area contributed by atoms with Gasteiger partial charge in [0.25, 0.3) is 0 Å². The average molecular weight is 398 g/mol. The number of benzene rings is 2. The lowest BCUT2D eigenvalue weighted by Crippen LogP contribution is -2.34. The zero-order chi connectivity index (χ0) is 19.7. The first-order chi connectivity index (χ1) is 13.6. The van der Waals surface area contributed by atoms with Gasteiger partial charge < -0.3 is 19.7 Å². The van der Waals surface area contributed by atoms with Crippen LogP contribution in [-0.2, 0) is 0 Å². The predicted molar refractivity (Wildman–Crippen MR) is 112 cm³/mol. The lowest BCUT2D eigenvalue weighted by Gasteiger charge is -2.24. The van der Waals surface area contributed by atoms with Gasteiger partial charge in [-0.2, -0.15) is 0 Å². The quantitative estimate of drug-likeness (QED) is 0.674. The van der Waals surface area contributed by atoms with Crippen LogP contribution in [0, 0.1) is 6.92 Å². The van der Waals surface area contributed by atoms with Gasteiger partial charge in [0.1, 0.15) is 5.01 Å². The second kappa shape index (κ2) is 7.67. The topological polar surface area (TPSA) is 63.7 Å². The van der Waals surface area contributed by atoms with Crippen LogP contribution in [0.1, 0.15) is 29.5 Å². The first-order valence-electron chi connectivity index (χ1n) is 9.26. The van der Waals surface area contributed by atoms with Gasteiger partial charge in [-0.15, -0.1) is 11.3 Å². The Morgan fingerprint density at radius 3 is 2.71 bits per heavy atom. The number of carbonyl (C=O) groups excluding carboxylic acids is 1. The number of likely N-dealkylation sites (tertiary alicyclic amines) is 1. The van der Waals surface area contributed by atoms with E-state index in [9.17, 15) is 4.79 Å². The molecule has 0 radical (unpaired) electrons. The molecule has 1 N–H and O–H groups in total. The number of aromatic nitrogens is 1. The third-order valence-electron chi connectivity index (χ3n) is 5.08. The predicted octanol–water partition coefficient (Wildman–Crippen LogP) is 4.99. The van der Waals surface area contributed by atoms with Crippen molar-refractivity contribution in [3.8, 4) is 11.5 Å². The van der Waals surface area contributed by atoms with E-state index in [2.05, 4.69) is 11.4 Å². The molecule has 1 aliphatic heterocycles. The Morgan fingerprint density at radius 2 is 1.96 bits per heavy atom. The van der Waals surface area contributed by atoms with Gasteiger partial charge in [-0.1, -0.05) is 12.1 Å². The van der Waals surface area contributed by atoms with E-state index < -0.39 is 0 Å². The van der Waals surface area contributed by atoms with Gasteiger partial charge in [0.2, 0.25) is 0 Å². The van der Waals surface area contributed by atoms with Crippen LogP contribution < -0.4 is 14.8 Å². The number of hydrogen-bond acceptors (Lipinski definition) is 5. The van der Waals surface area contributed by atoms with Crippen LogP contribution in [0.25, 0.3) is 10.2 Å². The van der Waals surface area contributed by atoms with E-state index in [-0.39, 0.29) is 12.1 Å². The molecule has 1 aromatic heterocycles. The third kappa shape index (κ3) is 3.38. The molecule has 2 aromatic carbocycles. The van der Waals surface area contributed by atoms with Gasteiger partial charge in [0.15, 0.2) is 11.5 Å². The molecule has 0 spiro atoms. The van der Waals surface area contributed by atoms with Gasteiger partial charge in [-0.05, 0) is 43.5 Å². The highest BCUT2D eigenvalue weighted by Crippen LogP contribution is 2.38. The molecule has 3 aromatic rings. The molecule has 1 fully saturated rings. The fourth-order valence-corrected chi connectivity index (χ4v) is 4.72. The molecule has 146 valence electrons. The molecule has 7 heteroatoms. The number of rotatable bonds is 4. The van der Waals surface area contributed by atoms with Crippen LogP contribution in [0.3, 0.4) is 0 Å². The number of thiazole rings is 1. The first kappa shape index (κ1) is 18.6. The van der Waals surface area contributed by atoms with E-state index in [0.717, 1.165) is 45.9 Å². The maximum atomic E-state index is 13.0. The van der Waals surface area contributed by atoms with Crippen LogP contribution in [0.5, 0.6) is 11.5 Å². The van der Waals surface area contributed by atoms with E-state index in [1.165, 1.54) is 0 Å². The van der Waals surface area contributed by atoms with Crippen molar-refractivity contribution < 1.29 is 14.3 Å². The Morgan fingerprint density at radius 1 is 1.21 bits per heavy atom. The van der Waals surface area contributed by atoms with Crippen LogP contribution in [0.4, 0.5) is 10.5 Å². The molecule has 28 heavy (non-hydrogen) atoms. The largest absolute Gasteiger partial charge is 0.493 e. The summed E-state index contributed by atoms with van der Waals surface area (Å²) in [5.74, 6) is 1.24. The van der Waals surface area contributed by atoms with Crippen molar-refractivity contribution in [2.75, 3.05) is 26.1 Å². The van der Waals surface area contributed by atoms with Crippen molar-refractivity contribution in [1.82, 2.24) is 9.88 Å². The van der Waals surface area contributed by atoms with Gasteiger partial charge in [0.05, 0.1) is 30.5 Å². The molecule has 1 aliphatic rings. The number of methoxy groups -OCH3 is 2. The Bertz CT molecular complexity index is 984. The summed E-state index contributed by atoms with van der Waals surface area (Å²) in [7, 11) is 3.19. The smallest absolute Gasteiger partial charge is 0.322 e. The van der Waals surface area contributed by atoms with Gasteiger partial charge >= 0.3 is 6.03 Å². The molecule has 0 bridgehead atoms. The van der Waals surface area contributed by atoms with Crippen LogP contribution in [0.2, 0.25) is 0 Å². The van der Waals surface area contributed by atoms with Crippen molar-refractivity contribution in [3.05, 3.63) is 47.0 Å². The Labute approximate surface area is 168 Å². The third-order valence-corrected chi connectivity index (χ3v) is 6.22. The van der Waals surface area contributed by atoms with E-state index in [1.807, 2.05) is 36.1 Å². The Kier molecular flexibility index (Phi) is 5.09. The van der Waals surface area contributed by atoms with E-state index in [1.54, 1.807) is 31.6 Å². The second-order valence-corrected chi connectivity index (χ2v) is 7.89. The summed E-state index contributed by atoms with van der Waals surface area (Å²) in [6.07, 6.45) is 1.90. The molecule has 4 rings (SSSR count). The minimum absolute atomic E-state index is 0.0119. The fourth-order valence-electron chi connectivity index (χ4n) is 3.60. The van der Waals surface area contributed by atoms with Crippen LogP contribution in [-0.4, -0.2) is 36.7 Å². The summed E-state index contributed by atoms with van der Waals surface area (Å²) in [5.41, 5.74) is 2.63. The normalized spacial score (nSPS) is 16.4. The summed E-state index contributed by atoms with van der Waals surface area (Å²) in [5, 5.41) is 4.04. The number of ether oxygens (including phenoxy) is 2. The lowest BCUT2D eigenvalue weighted by atomic mass is 10.1. The fraction of sp³-hybridized carbons (Fsp3) is 0.333. The summed E-state index contributed by atoms with van der Waals surface area (Å²) < 4.78 is 11.8. The number of amides is 2. The number of nitrogens with one attached hydrogen (secondary N) is 1. The van der Waals surface area contributed by atoms with Gasteiger partial charge in [-0.3, -0.25) is 0 Å². The summed E-state index contributed by atoms with van der Waals surface area (Å²) >= 11 is 1.67. The summed E-state index contributed by atoms with van der Waals surface area (Å²) in [6, 6.07) is 11.7. The molecule has 0 aliphatic carbocycles. The average Bonchev–Trinajstić information content (AvgIpc) is 3.35. The number of aryl methyl sites for hydroxylation is 1. The van der Waals surface area contributed by atoms with Gasteiger partial charge in [-0.25, -0.2) is 9.78 Å². The maximum absolute atomic E-state index is 13.0. The SMILES string of the molecule is COc1cc(C)c(NC(=O)N2CCCC2c2nc3ccccc3s2)cc1OC. The molecule has 2 heterocycles. The highest BCUT2D eigenvalue weighted by atomic mass is 32.1. The number of nitrogens with zero attached hydrogens (tertiary/aromatic N) is 2. The highest BCUT2D eigenvalue weighted by Gasteiger charge is 2.32. The van der Waals surface area contributed by atoms with E-state index in [4.69, 9.17) is 14.5 Å². The molecule has 6 nitrogen and oxygen atoms in total. The summed E-state index contributed by atoms with van der Waals surface area (Å²) in [4.78, 5) is 19.7. The van der Waals surface area contributed by atoms with Crippen molar-refractivity contribution in [2.45, 2.75) is 25.8 Å². The molecular formula is C21H23N3O3S. The van der Waals surface area contributed by atoms with Crippen molar-refractivity contribution >= 4 is 33.3 Å². The van der Waals surface area contributed by atoms with Crippen molar-refractivity contribution in [2.24, 2.45) is 0 Å². The lowest BCUT2D eigenvalue weighted by molar-refractivity contribution is 0.207. The molecule has 0 saturated carbocycles. The standard InChI is InChI=1S/C21H23N3O3S/c1-13-11-17(26-2)18(27-3)12-15(13)23-21(25)24-10-6-8-16(24)20-22-14-7-4-5-9-19(14)28-20/h4-5,7,9,11-12,16H,6,8,10H2,1-3H3,(H,23,25). The van der Waals surface area contributed by atoms with Crippen LogP contribution in [0.15, 0.2) is 36.4 Å². The first-order valence-corrected chi connectivity index (χ1v) is 10.1.